The number of nitrogens with one attached hydrogen (secondary N) is 1. The first-order valence-electron chi connectivity index (χ1n) is 9.23. The number of carbonyl (C=O) groups is 2. The number of aryl methyl sites for hydroxylation is 1. The number of nitrogens with zero attached hydrogens (tertiary/aromatic N) is 1. The molecule has 0 aliphatic carbocycles. The number of anilines is 1. The number of rotatable bonds is 6. The zero-order valence-corrected chi connectivity index (χ0v) is 19.1. The smallest absolute Gasteiger partial charge is 0.248 e. The fourth-order valence-electron chi connectivity index (χ4n) is 2.93. The Bertz CT molecular complexity index is 1270. The van der Waals surface area contributed by atoms with Crippen molar-refractivity contribution in [1.82, 2.24) is 0 Å². The first kappa shape index (κ1) is 23.3. The topological polar surface area (TPSA) is 105 Å². The minimum absolute atomic E-state index is 0.106. The van der Waals surface area contributed by atoms with Gasteiger partial charge in [0.25, 0.3) is 0 Å². The maximum Gasteiger partial charge on any atom is 0.248 e. The Hall–Kier alpha value is -3.41. The van der Waals surface area contributed by atoms with Crippen LogP contribution in [0.25, 0.3) is 0 Å². The standard InChI is InChI=1S/C23H16BrClFN3O3/c1-12-6-15(23(28)31)3-5-19(12)29-20(30)9-14-2-4-18(24)22(21(14)26)32-17-8-13(11-27)7-16(25)10-17/h2-8,10H,9H2,1H3,(H2,28,31)(H,29,30). The molecule has 0 aromatic heterocycles. The molecule has 6 nitrogen and oxygen atoms in total. The van der Waals surface area contributed by atoms with E-state index in [0.29, 0.717) is 21.3 Å². The number of hydrogen-bond acceptors (Lipinski definition) is 4. The first-order chi connectivity index (χ1) is 15.2. The fourth-order valence-corrected chi connectivity index (χ4v) is 3.54. The highest BCUT2D eigenvalue weighted by atomic mass is 79.9. The van der Waals surface area contributed by atoms with Crippen LogP contribution in [0.1, 0.15) is 27.0 Å². The molecule has 0 saturated carbocycles. The van der Waals surface area contributed by atoms with Crippen molar-refractivity contribution >= 4 is 45.0 Å². The summed E-state index contributed by atoms with van der Waals surface area (Å²) in [6.45, 7) is 1.72. The molecular weight excluding hydrogens is 501 g/mol. The summed E-state index contributed by atoms with van der Waals surface area (Å²) in [5, 5.41) is 12.0. The van der Waals surface area contributed by atoms with Gasteiger partial charge in [-0.25, -0.2) is 4.39 Å². The first-order valence-corrected chi connectivity index (χ1v) is 10.4. The second-order valence-corrected chi connectivity index (χ2v) is 8.15. The molecule has 0 unspecified atom stereocenters. The molecular formula is C23H16BrClFN3O3. The van der Waals surface area contributed by atoms with Crippen LogP contribution in [0.2, 0.25) is 5.02 Å². The van der Waals surface area contributed by atoms with Gasteiger partial charge in [-0.1, -0.05) is 17.7 Å². The van der Waals surface area contributed by atoms with Crippen molar-refractivity contribution in [2.24, 2.45) is 5.73 Å². The molecule has 3 N–H and O–H groups in total. The van der Waals surface area contributed by atoms with Gasteiger partial charge in [0.2, 0.25) is 11.8 Å². The van der Waals surface area contributed by atoms with E-state index in [1.165, 1.54) is 30.3 Å². The maximum atomic E-state index is 15.1. The lowest BCUT2D eigenvalue weighted by Crippen LogP contribution is -2.17. The molecule has 0 spiro atoms. The van der Waals surface area contributed by atoms with Crippen LogP contribution in [0.3, 0.4) is 0 Å². The molecule has 0 saturated heterocycles. The zero-order valence-electron chi connectivity index (χ0n) is 16.7. The van der Waals surface area contributed by atoms with Crippen molar-refractivity contribution < 1.29 is 18.7 Å². The Kier molecular flexibility index (Phi) is 7.13. The summed E-state index contributed by atoms with van der Waals surface area (Å²) in [5.74, 6) is -1.71. The van der Waals surface area contributed by atoms with Gasteiger partial charge in [-0.2, -0.15) is 5.26 Å². The van der Waals surface area contributed by atoms with E-state index in [9.17, 15) is 9.59 Å². The molecule has 3 aromatic rings. The summed E-state index contributed by atoms with van der Waals surface area (Å²) in [6, 6.07) is 13.9. The Morgan fingerprint density at radius 1 is 1.22 bits per heavy atom. The van der Waals surface area contributed by atoms with Crippen LogP contribution in [0, 0.1) is 24.1 Å². The van der Waals surface area contributed by atoms with Gasteiger partial charge in [0.15, 0.2) is 11.6 Å². The number of nitriles is 1. The number of primary amides is 1. The van der Waals surface area contributed by atoms with Crippen LogP contribution >= 0.6 is 27.5 Å². The summed E-state index contributed by atoms with van der Waals surface area (Å²) in [6.07, 6.45) is -0.258. The largest absolute Gasteiger partial charge is 0.453 e. The quantitative estimate of drug-likeness (QED) is 0.452. The molecule has 3 aromatic carbocycles. The molecule has 0 aliphatic rings. The van der Waals surface area contributed by atoms with E-state index in [-0.39, 0.29) is 34.1 Å². The normalized spacial score (nSPS) is 10.3. The molecule has 0 radical (unpaired) electrons. The predicted octanol–water partition coefficient (Wildman–Crippen LogP) is 5.49. The minimum Gasteiger partial charge on any atom is -0.453 e. The van der Waals surface area contributed by atoms with E-state index in [2.05, 4.69) is 21.2 Å². The Morgan fingerprint density at radius 2 is 1.97 bits per heavy atom. The lowest BCUT2D eigenvalue weighted by atomic mass is 10.1. The van der Waals surface area contributed by atoms with E-state index in [1.54, 1.807) is 25.1 Å². The van der Waals surface area contributed by atoms with E-state index in [0.717, 1.165) is 0 Å². The van der Waals surface area contributed by atoms with Crippen molar-refractivity contribution in [3.8, 4) is 17.6 Å². The average molecular weight is 517 g/mol. The van der Waals surface area contributed by atoms with Crippen molar-refractivity contribution in [2.75, 3.05) is 5.32 Å². The van der Waals surface area contributed by atoms with Crippen LogP contribution in [0.15, 0.2) is 53.0 Å². The molecule has 0 bridgehead atoms. The second kappa shape index (κ2) is 9.81. The Labute approximate surface area is 196 Å². The van der Waals surface area contributed by atoms with E-state index in [1.807, 2.05) is 6.07 Å². The second-order valence-electron chi connectivity index (χ2n) is 6.86. The zero-order chi connectivity index (χ0) is 23.4. The number of ether oxygens (including phenoxy) is 1. The molecule has 32 heavy (non-hydrogen) atoms. The summed E-state index contributed by atoms with van der Waals surface area (Å²) >= 11 is 9.22. The molecule has 9 heteroatoms. The molecule has 0 fully saturated rings. The predicted molar refractivity (Wildman–Crippen MR) is 122 cm³/mol. The highest BCUT2D eigenvalue weighted by Gasteiger charge is 2.18. The lowest BCUT2D eigenvalue weighted by molar-refractivity contribution is -0.115. The van der Waals surface area contributed by atoms with Crippen molar-refractivity contribution in [3.63, 3.8) is 0 Å². The van der Waals surface area contributed by atoms with Crippen molar-refractivity contribution in [2.45, 2.75) is 13.3 Å². The third kappa shape index (κ3) is 5.44. The number of halogens is 3. The number of amides is 2. The van der Waals surface area contributed by atoms with E-state index in [4.69, 9.17) is 27.3 Å². The van der Waals surface area contributed by atoms with Crippen molar-refractivity contribution in [3.05, 3.63) is 86.1 Å². The molecule has 2 amide bonds. The van der Waals surface area contributed by atoms with Gasteiger partial charge in [0.1, 0.15) is 5.75 Å². The summed E-state index contributed by atoms with van der Waals surface area (Å²) in [4.78, 5) is 23.8. The third-order valence-corrected chi connectivity index (χ3v) is 5.33. The molecule has 0 atom stereocenters. The molecule has 3 rings (SSSR count). The van der Waals surface area contributed by atoms with Gasteiger partial charge in [-0.15, -0.1) is 0 Å². The summed E-state index contributed by atoms with van der Waals surface area (Å²) in [7, 11) is 0. The summed E-state index contributed by atoms with van der Waals surface area (Å²) < 4.78 is 21.1. The van der Waals surface area contributed by atoms with Crippen LogP contribution < -0.4 is 15.8 Å². The average Bonchev–Trinajstić information content (AvgIpc) is 2.74. The molecule has 0 heterocycles. The number of hydrogen-bond donors (Lipinski definition) is 2. The Morgan fingerprint density at radius 3 is 2.62 bits per heavy atom. The third-order valence-electron chi connectivity index (χ3n) is 4.49. The van der Waals surface area contributed by atoms with Gasteiger partial charge >= 0.3 is 0 Å². The number of carbonyl (C=O) groups excluding carboxylic acids is 2. The molecule has 162 valence electrons. The van der Waals surface area contributed by atoms with Gasteiger partial charge < -0.3 is 15.8 Å². The van der Waals surface area contributed by atoms with Crippen molar-refractivity contribution in [1.29, 1.82) is 5.26 Å². The lowest BCUT2D eigenvalue weighted by Gasteiger charge is -2.13. The van der Waals surface area contributed by atoms with Gasteiger partial charge in [0.05, 0.1) is 22.5 Å². The molecule has 0 aliphatic heterocycles. The van der Waals surface area contributed by atoms with Crippen LogP contribution in [0.4, 0.5) is 10.1 Å². The van der Waals surface area contributed by atoms with Crippen LogP contribution in [-0.4, -0.2) is 11.8 Å². The van der Waals surface area contributed by atoms with Crippen LogP contribution in [0.5, 0.6) is 11.5 Å². The number of nitrogens with two attached hydrogens (primary N) is 1. The number of benzene rings is 3. The van der Waals surface area contributed by atoms with E-state index < -0.39 is 17.6 Å². The maximum absolute atomic E-state index is 15.1. The summed E-state index contributed by atoms with van der Waals surface area (Å²) in [5.41, 5.74) is 7.07. The van der Waals surface area contributed by atoms with Crippen LogP contribution in [-0.2, 0) is 11.2 Å². The van der Waals surface area contributed by atoms with Gasteiger partial charge in [-0.05, 0) is 70.9 Å². The van der Waals surface area contributed by atoms with E-state index >= 15 is 4.39 Å². The Balaban J connectivity index is 1.81. The SMILES string of the molecule is Cc1cc(C(N)=O)ccc1NC(=O)Cc1ccc(Br)c(Oc2cc(Cl)cc(C#N)c2)c1F. The monoisotopic (exact) mass is 515 g/mol. The fraction of sp³-hybridized carbons (Fsp3) is 0.0870. The van der Waals surface area contributed by atoms with Gasteiger partial charge in [-0.3, -0.25) is 9.59 Å². The highest BCUT2D eigenvalue weighted by Crippen LogP contribution is 2.35. The van der Waals surface area contributed by atoms with Gasteiger partial charge in [0, 0.05) is 21.8 Å². The minimum atomic E-state index is -0.728. The highest BCUT2D eigenvalue weighted by molar-refractivity contribution is 9.10.